The van der Waals surface area contributed by atoms with Crippen molar-refractivity contribution < 1.29 is 4.74 Å². The lowest BCUT2D eigenvalue weighted by molar-refractivity contribution is 0.243. The average Bonchev–Trinajstić information content (AvgIpc) is 2.90. The number of rotatable bonds is 4. The molecular formula is C17H21NOS. The zero-order valence-electron chi connectivity index (χ0n) is 12.1. The summed E-state index contributed by atoms with van der Waals surface area (Å²) in [7, 11) is 0. The first kappa shape index (κ1) is 13.5. The molecule has 0 saturated heterocycles. The maximum absolute atomic E-state index is 5.90. The Kier molecular flexibility index (Phi) is 3.97. The second-order valence-electron chi connectivity index (χ2n) is 5.55. The number of ether oxygens (including phenoxy) is 1. The van der Waals surface area contributed by atoms with Gasteiger partial charge >= 0.3 is 0 Å². The van der Waals surface area contributed by atoms with Gasteiger partial charge in [-0.1, -0.05) is 12.1 Å². The Morgan fingerprint density at radius 2 is 2.10 bits per heavy atom. The number of aryl methyl sites for hydroxylation is 1. The summed E-state index contributed by atoms with van der Waals surface area (Å²) in [6.07, 6.45) is 3.88. The molecule has 1 N–H and O–H groups in total. The molecule has 0 amide bonds. The van der Waals surface area contributed by atoms with Crippen molar-refractivity contribution in [2.45, 2.75) is 45.3 Å². The van der Waals surface area contributed by atoms with Gasteiger partial charge in [-0.05, 0) is 62.3 Å². The molecule has 1 aromatic heterocycles. The zero-order valence-corrected chi connectivity index (χ0v) is 12.9. The van der Waals surface area contributed by atoms with Crippen LogP contribution in [0.1, 0.15) is 43.2 Å². The van der Waals surface area contributed by atoms with E-state index in [0.29, 0.717) is 6.04 Å². The Balaban J connectivity index is 1.82. The van der Waals surface area contributed by atoms with Crippen molar-refractivity contribution in [2.75, 3.05) is 5.32 Å². The van der Waals surface area contributed by atoms with Crippen molar-refractivity contribution >= 4 is 17.0 Å². The van der Waals surface area contributed by atoms with Crippen molar-refractivity contribution in [3.05, 3.63) is 46.2 Å². The predicted molar refractivity (Wildman–Crippen MR) is 85.8 cm³/mol. The van der Waals surface area contributed by atoms with Gasteiger partial charge in [0, 0.05) is 4.88 Å². The largest absolute Gasteiger partial charge is 0.489 e. The van der Waals surface area contributed by atoms with Gasteiger partial charge in [-0.3, -0.25) is 0 Å². The fourth-order valence-electron chi connectivity index (χ4n) is 2.77. The average molecular weight is 287 g/mol. The maximum atomic E-state index is 5.90. The van der Waals surface area contributed by atoms with Gasteiger partial charge in [-0.25, -0.2) is 0 Å². The molecule has 3 heteroatoms. The highest BCUT2D eigenvalue weighted by atomic mass is 32.1. The van der Waals surface area contributed by atoms with E-state index in [-0.39, 0.29) is 6.10 Å². The topological polar surface area (TPSA) is 21.3 Å². The highest BCUT2D eigenvalue weighted by Gasteiger charge is 2.21. The second kappa shape index (κ2) is 5.88. The molecule has 0 spiro atoms. The molecule has 0 fully saturated rings. The van der Waals surface area contributed by atoms with E-state index in [9.17, 15) is 0 Å². The van der Waals surface area contributed by atoms with Crippen LogP contribution in [0.3, 0.4) is 0 Å². The lowest BCUT2D eigenvalue weighted by Gasteiger charge is -2.26. The SMILES string of the molecule is CC(C)Oc1ccccc1NC1CCCc2sccc21. The van der Waals surface area contributed by atoms with Crippen LogP contribution in [0.25, 0.3) is 0 Å². The van der Waals surface area contributed by atoms with E-state index >= 15 is 0 Å². The van der Waals surface area contributed by atoms with Crippen LogP contribution in [0, 0.1) is 0 Å². The molecule has 20 heavy (non-hydrogen) atoms. The van der Waals surface area contributed by atoms with E-state index in [0.717, 1.165) is 11.4 Å². The van der Waals surface area contributed by atoms with Crippen molar-refractivity contribution in [1.29, 1.82) is 0 Å². The minimum atomic E-state index is 0.195. The number of fused-ring (bicyclic) bond motifs is 1. The monoisotopic (exact) mass is 287 g/mol. The second-order valence-corrected chi connectivity index (χ2v) is 6.55. The van der Waals surface area contributed by atoms with Gasteiger partial charge in [0.2, 0.25) is 0 Å². The summed E-state index contributed by atoms with van der Waals surface area (Å²) in [5.41, 5.74) is 2.57. The van der Waals surface area contributed by atoms with E-state index in [1.54, 1.807) is 0 Å². The molecule has 106 valence electrons. The maximum Gasteiger partial charge on any atom is 0.142 e. The summed E-state index contributed by atoms with van der Waals surface area (Å²) in [4.78, 5) is 1.54. The van der Waals surface area contributed by atoms with Gasteiger partial charge in [-0.15, -0.1) is 11.3 Å². The van der Waals surface area contributed by atoms with Crippen LogP contribution in [0.5, 0.6) is 5.75 Å². The molecule has 0 aliphatic heterocycles. The Morgan fingerprint density at radius 3 is 2.95 bits per heavy atom. The minimum Gasteiger partial charge on any atom is -0.489 e. The zero-order chi connectivity index (χ0) is 13.9. The normalized spacial score (nSPS) is 17.9. The third kappa shape index (κ3) is 2.83. The lowest BCUT2D eigenvalue weighted by Crippen LogP contribution is -2.17. The molecule has 0 radical (unpaired) electrons. The van der Waals surface area contributed by atoms with Gasteiger partial charge < -0.3 is 10.1 Å². The highest BCUT2D eigenvalue weighted by molar-refractivity contribution is 7.10. The van der Waals surface area contributed by atoms with Crippen LogP contribution in [-0.2, 0) is 6.42 Å². The third-order valence-corrected chi connectivity index (χ3v) is 4.63. The molecule has 0 bridgehead atoms. The van der Waals surface area contributed by atoms with Gasteiger partial charge in [0.25, 0.3) is 0 Å². The molecule has 1 heterocycles. The summed E-state index contributed by atoms with van der Waals surface area (Å²) >= 11 is 1.88. The van der Waals surface area contributed by atoms with E-state index in [2.05, 4.69) is 42.7 Å². The summed E-state index contributed by atoms with van der Waals surface area (Å²) in [6, 6.07) is 10.9. The molecule has 2 aromatic rings. The molecule has 3 rings (SSSR count). The first-order valence-electron chi connectivity index (χ1n) is 7.32. The first-order chi connectivity index (χ1) is 9.74. The standard InChI is InChI=1S/C17H21NOS/c1-12(2)19-16-8-4-3-6-15(16)18-14-7-5-9-17-13(14)10-11-20-17/h3-4,6,8,10-12,14,18H,5,7,9H2,1-2H3. The quantitative estimate of drug-likeness (QED) is 0.852. The van der Waals surface area contributed by atoms with Gasteiger partial charge in [-0.2, -0.15) is 0 Å². The summed E-state index contributed by atoms with van der Waals surface area (Å²) in [5.74, 6) is 0.949. The molecule has 1 aliphatic rings. The Bertz CT molecular complexity index is 576. The van der Waals surface area contributed by atoms with Crippen molar-refractivity contribution in [3.8, 4) is 5.75 Å². The Hall–Kier alpha value is -1.48. The fourth-order valence-corrected chi connectivity index (χ4v) is 3.75. The van der Waals surface area contributed by atoms with Crippen LogP contribution in [-0.4, -0.2) is 6.10 Å². The molecule has 1 aromatic carbocycles. The van der Waals surface area contributed by atoms with Gasteiger partial charge in [0.05, 0.1) is 17.8 Å². The van der Waals surface area contributed by atoms with Crippen molar-refractivity contribution in [2.24, 2.45) is 0 Å². The molecule has 1 aliphatic carbocycles. The number of anilines is 1. The smallest absolute Gasteiger partial charge is 0.142 e. The Labute approximate surface area is 124 Å². The number of nitrogens with one attached hydrogen (secondary N) is 1. The van der Waals surface area contributed by atoms with Crippen molar-refractivity contribution in [3.63, 3.8) is 0 Å². The van der Waals surface area contributed by atoms with Gasteiger partial charge in [0.1, 0.15) is 5.75 Å². The van der Waals surface area contributed by atoms with E-state index in [1.165, 1.54) is 29.7 Å². The number of thiophene rings is 1. The number of benzene rings is 1. The lowest BCUT2D eigenvalue weighted by atomic mass is 9.94. The minimum absolute atomic E-state index is 0.195. The third-order valence-electron chi connectivity index (χ3n) is 3.63. The summed E-state index contributed by atoms with van der Waals surface area (Å²) in [5, 5.41) is 5.89. The highest BCUT2D eigenvalue weighted by Crippen LogP contribution is 2.37. The fraction of sp³-hybridized carbons (Fsp3) is 0.412. The van der Waals surface area contributed by atoms with E-state index in [1.807, 2.05) is 23.5 Å². The van der Waals surface area contributed by atoms with Crippen LogP contribution in [0.15, 0.2) is 35.7 Å². The van der Waals surface area contributed by atoms with Crippen LogP contribution in [0.2, 0.25) is 0 Å². The first-order valence-corrected chi connectivity index (χ1v) is 8.20. The van der Waals surface area contributed by atoms with E-state index in [4.69, 9.17) is 4.74 Å². The van der Waals surface area contributed by atoms with Gasteiger partial charge in [0.15, 0.2) is 0 Å². The molecule has 1 unspecified atom stereocenters. The molecule has 2 nitrogen and oxygen atoms in total. The van der Waals surface area contributed by atoms with Crippen molar-refractivity contribution in [1.82, 2.24) is 0 Å². The Morgan fingerprint density at radius 1 is 1.25 bits per heavy atom. The number of hydrogen-bond acceptors (Lipinski definition) is 3. The predicted octanol–water partition coefficient (Wildman–Crippen LogP) is 5.02. The molecule has 1 atom stereocenters. The van der Waals surface area contributed by atoms with E-state index < -0.39 is 0 Å². The summed E-state index contributed by atoms with van der Waals surface area (Å²) in [6.45, 7) is 4.13. The van der Waals surface area contributed by atoms with Crippen LogP contribution < -0.4 is 10.1 Å². The summed E-state index contributed by atoms with van der Waals surface area (Å²) < 4.78 is 5.90. The number of para-hydroxylation sites is 2. The molecular weight excluding hydrogens is 266 g/mol. The number of hydrogen-bond donors (Lipinski definition) is 1. The molecule has 0 saturated carbocycles. The van der Waals surface area contributed by atoms with Crippen LogP contribution >= 0.6 is 11.3 Å². The van der Waals surface area contributed by atoms with Crippen LogP contribution in [0.4, 0.5) is 5.69 Å².